The molecule has 0 bridgehead atoms. The fourth-order valence-electron chi connectivity index (χ4n) is 3.34. The molecule has 1 aliphatic carbocycles. The van der Waals surface area contributed by atoms with E-state index in [9.17, 15) is 18.0 Å². The van der Waals surface area contributed by atoms with E-state index < -0.39 is 6.36 Å². The molecule has 7 nitrogen and oxygen atoms in total. The Bertz CT molecular complexity index is 1100. The van der Waals surface area contributed by atoms with Crippen molar-refractivity contribution in [3.05, 3.63) is 54.9 Å². The summed E-state index contributed by atoms with van der Waals surface area (Å²) in [7, 11) is 0. The lowest BCUT2D eigenvalue weighted by Gasteiger charge is -2.27. The molecule has 1 amide bonds. The number of alkyl halides is 3. The van der Waals surface area contributed by atoms with E-state index in [0.29, 0.717) is 23.1 Å². The molecule has 4 rings (SSSR count). The van der Waals surface area contributed by atoms with Crippen molar-refractivity contribution in [2.45, 2.75) is 38.2 Å². The topological polar surface area (TPSA) is 81.1 Å². The van der Waals surface area contributed by atoms with E-state index in [-0.39, 0.29) is 18.2 Å². The van der Waals surface area contributed by atoms with Crippen LogP contribution in [0.2, 0.25) is 0 Å². The Hall–Kier alpha value is -3.56. The van der Waals surface area contributed by atoms with Crippen molar-refractivity contribution in [3.63, 3.8) is 0 Å². The highest BCUT2D eigenvalue weighted by Crippen LogP contribution is 2.32. The largest absolute Gasteiger partial charge is 0.573 e. The fourth-order valence-corrected chi connectivity index (χ4v) is 3.34. The summed E-state index contributed by atoms with van der Waals surface area (Å²) in [5.74, 6) is -0.666. The zero-order valence-corrected chi connectivity index (χ0v) is 16.4. The molecule has 0 saturated heterocycles. The zero-order valence-electron chi connectivity index (χ0n) is 16.4. The van der Waals surface area contributed by atoms with Gasteiger partial charge in [0.1, 0.15) is 5.75 Å². The monoisotopic (exact) mass is 431 g/mol. The number of carbonyl (C=O) groups excluding carboxylic acids is 1. The molecule has 1 aromatic carbocycles. The number of nitrogens with one attached hydrogen (secondary N) is 2. The Kier molecular flexibility index (Phi) is 5.53. The Morgan fingerprint density at radius 1 is 1.26 bits per heavy atom. The molecule has 1 aliphatic rings. The molecule has 2 N–H and O–H groups in total. The van der Waals surface area contributed by atoms with Gasteiger partial charge in [-0.25, -0.2) is 9.67 Å². The summed E-state index contributed by atoms with van der Waals surface area (Å²) in [6, 6.07) is 7.58. The van der Waals surface area contributed by atoms with E-state index in [2.05, 4.69) is 32.0 Å². The summed E-state index contributed by atoms with van der Waals surface area (Å²) in [5.41, 5.74) is 2.46. The summed E-state index contributed by atoms with van der Waals surface area (Å²) in [5, 5.41) is 11.5. The van der Waals surface area contributed by atoms with Crippen molar-refractivity contribution >= 4 is 22.6 Å². The van der Waals surface area contributed by atoms with Crippen molar-refractivity contribution in [2.24, 2.45) is 0 Å². The van der Waals surface area contributed by atoms with Crippen LogP contribution in [0, 0.1) is 0 Å². The summed E-state index contributed by atoms with van der Waals surface area (Å²) < 4.78 is 42.8. The number of pyridine rings is 1. The second-order valence-electron chi connectivity index (χ2n) is 7.15. The lowest BCUT2D eigenvalue weighted by Crippen LogP contribution is -2.27. The number of fused-ring (bicyclic) bond motifs is 1. The molecule has 0 aliphatic heterocycles. The van der Waals surface area contributed by atoms with E-state index in [0.717, 1.165) is 23.9 Å². The van der Waals surface area contributed by atoms with Gasteiger partial charge in [0.25, 0.3) is 0 Å². The number of aromatic nitrogens is 3. The number of nitrogens with zero attached hydrogens (tertiary/aromatic N) is 3. The second-order valence-corrected chi connectivity index (χ2v) is 7.15. The molecule has 162 valence electrons. The lowest BCUT2D eigenvalue weighted by molar-refractivity contribution is -0.274. The van der Waals surface area contributed by atoms with Crippen molar-refractivity contribution in [3.8, 4) is 11.4 Å². The molecule has 3 aromatic rings. The number of benzene rings is 1. The van der Waals surface area contributed by atoms with Crippen LogP contribution in [0.5, 0.6) is 5.75 Å². The first kappa shape index (κ1) is 20.7. The smallest absolute Gasteiger partial charge is 0.406 e. The number of halogens is 3. The summed E-state index contributed by atoms with van der Waals surface area (Å²) in [6.45, 7) is 3.59. The molecule has 1 fully saturated rings. The van der Waals surface area contributed by atoms with Gasteiger partial charge in [-0.15, -0.1) is 13.2 Å². The standard InChI is InChI=1S/C21H20F3N5O2/c1-2-18(30)26-12-17-19-16(27-13-4-3-5-13)10-11-25-20(19)29(28-17)14-6-8-15(9-7-14)31-21(22,23)24/h2,6-11,13H,1,3-5,12H2,(H,25,27)(H,26,30). The Labute approximate surface area is 175 Å². The van der Waals surface area contributed by atoms with Gasteiger partial charge in [0.05, 0.1) is 23.3 Å². The lowest BCUT2D eigenvalue weighted by atomic mass is 9.93. The molecular weight excluding hydrogens is 411 g/mol. The van der Waals surface area contributed by atoms with Crippen LogP contribution in [0.3, 0.4) is 0 Å². The SMILES string of the molecule is C=CC(=O)NCc1nn(-c2ccc(OC(F)(F)F)cc2)c2nccc(NC3CCC3)c12. The third kappa shape index (κ3) is 4.62. The number of rotatable bonds is 7. The van der Waals surface area contributed by atoms with Crippen molar-refractivity contribution in [2.75, 3.05) is 5.32 Å². The summed E-state index contributed by atoms with van der Waals surface area (Å²) in [6.07, 6.45) is 1.36. The first-order valence-corrected chi connectivity index (χ1v) is 9.73. The number of carbonyl (C=O) groups is 1. The average Bonchev–Trinajstić information content (AvgIpc) is 3.08. The van der Waals surface area contributed by atoms with E-state index in [1.807, 2.05) is 6.07 Å². The van der Waals surface area contributed by atoms with Crippen molar-refractivity contribution in [1.82, 2.24) is 20.1 Å². The molecule has 31 heavy (non-hydrogen) atoms. The first-order chi connectivity index (χ1) is 14.8. The van der Waals surface area contributed by atoms with Gasteiger partial charge >= 0.3 is 6.36 Å². The van der Waals surface area contributed by atoms with Gasteiger partial charge in [0.15, 0.2) is 5.65 Å². The van der Waals surface area contributed by atoms with Gasteiger partial charge in [0.2, 0.25) is 5.91 Å². The molecule has 0 spiro atoms. The van der Waals surface area contributed by atoms with Crippen LogP contribution in [0.15, 0.2) is 49.2 Å². The summed E-state index contributed by atoms with van der Waals surface area (Å²) in [4.78, 5) is 16.1. The van der Waals surface area contributed by atoms with Gasteiger partial charge in [-0.3, -0.25) is 4.79 Å². The molecule has 10 heteroatoms. The fraction of sp³-hybridized carbons (Fsp3) is 0.286. The molecule has 0 unspecified atom stereocenters. The van der Waals surface area contributed by atoms with E-state index in [1.54, 1.807) is 6.20 Å². The van der Waals surface area contributed by atoms with Crippen molar-refractivity contribution < 1.29 is 22.7 Å². The molecule has 1 saturated carbocycles. The van der Waals surface area contributed by atoms with Crippen LogP contribution in [0.1, 0.15) is 25.0 Å². The van der Waals surface area contributed by atoms with Gasteiger partial charge in [0, 0.05) is 17.9 Å². The third-order valence-corrected chi connectivity index (χ3v) is 5.04. The molecule has 2 heterocycles. The van der Waals surface area contributed by atoms with Gasteiger partial charge in [-0.1, -0.05) is 6.58 Å². The zero-order chi connectivity index (χ0) is 22.0. The number of ether oxygens (including phenoxy) is 1. The predicted molar refractivity (Wildman–Crippen MR) is 109 cm³/mol. The minimum Gasteiger partial charge on any atom is -0.406 e. The third-order valence-electron chi connectivity index (χ3n) is 5.04. The number of hydrogen-bond acceptors (Lipinski definition) is 5. The maximum absolute atomic E-state index is 12.4. The van der Waals surface area contributed by atoms with Crippen molar-refractivity contribution in [1.29, 1.82) is 0 Å². The van der Waals surface area contributed by atoms with Gasteiger partial charge in [-0.05, 0) is 55.7 Å². The van der Waals surface area contributed by atoms with Crippen LogP contribution in [-0.2, 0) is 11.3 Å². The van der Waals surface area contributed by atoms with Gasteiger partial charge < -0.3 is 15.4 Å². The maximum atomic E-state index is 12.4. The van der Waals surface area contributed by atoms with E-state index in [1.165, 1.54) is 41.4 Å². The minimum atomic E-state index is -4.76. The minimum absolute atomic E-state index is 0.147. The maximum Gasteiger partial charge on any atom is 0.573 e. The highest BCUT2D eigenvalue weighted by Gasteiger charge is 2.31. The normalized spacial score (nSPS) is 14.2. The molecule has 2 aromatic heterocycles. The quantitative estimate of drug-likeness (QED) is 0.551. The van der Waals surface area contributed by atoms with E-state index >= 15 is 0 Å². The van der Waals surface area contributed by atoms with E-state index in [4.69, 9.17) is 0 Å². The number of anilines is 1. The van der Waals surface area contributed by atoms with Crippen LogP contribution < -0.4 is 15.4 Å². The van der Waals surface area contributed by atoms with Crippen LogP contribution in [0.4, 0.5) is 18.9 Å². The Morgan fingerprint density at radius 3 is 2.61 bits per heavy atom. The second kappa shape index (κ2) is 8.29. The summed E-state index contributed by atoms with van der Waals surface area (Å²) >= 11 is 0. The van der Waals surface area contributed by atoms with Crippen LogP contribution in [0.25, 0.3) is 16.7 Å². The number of hydrogen-bond donors (Lipinski definition) is 2. The highest BCUT2D eigenvalue weighted by molar-refractivity contribution is 5.93. The number of amides is 1. The van der Waals surface area contributed by atoms with Gasteiger partial charge in [-0.2, -0.15) is 5.10 Å². The van der Waals surface area contributed by atoms with Crippen LogP contribution in [-0.4, -0.2) is 33.1 Å². The Balaban J connectivity index is 1.73. The first-order valence-electron chi connectivity index (χ1n) is 9.73. The predicted octanol–water partition coefficient (Wildman–Crippen LogP) is 4.09. The highest BCUT2D eigenvalue weighted by atomic mass is 19.4. The average molecular weight is 431 g/mol. The van der Waals surface area contributed by atoms with Crippen LogP contribution >= 0.6 is 0 Å². The molecular formula is C21H20F3N5O2. The Morgan fingerprint density at radius 2 is 2.00 bits per heavy atom. The molecule has 0 atom stereocenters. The molecule has 0 radical (unpaired) electrons.